The molecular formula is C6H13NO. The summed E-state index contributed by atoms with van der Waals surface area (Å²) >= 11 is 0. The van der Waals surface area contributed by atoms with Crippen LogP contribution in [0, 0.1) is 5.92 Å². The first-order valence-corrected chi connectivity index (χ1v) is 3.21. The van der Waals surface area contributed by atoms with E-state index in [0.717, 1.165) is 18.8 Å². The van der Waals surface area contributed by atoms with Gasteiger partial charge in [-0.1, -0.05) is 0 Å². The zero-order valence-corrected chi connectivity index (χ0v) is 5.01. The molecule has 0 aromatic rings. The number of rotatable bonds is 3. The Hall–Kier alpha value is -0.0800. The van der Waals surface area contributed by atoms with Crippen LogP contribution >= 0.6 is 0 Å². The zero-order valence-electron chi connectivity index (χ0n) is 5.01. The molecule has 0 aromatic heterocycles. The summed E-state index contributed by atoms with van der Waals surface area (Å²) in [5, 5.41) is 8.39. The van der Waals surface area contributed by atoms with Crippen molar-refractivity contribution < 1.29 is 5.11 Å². The molecule has 1 saturated carbocycles. The minimum atomic E-state index is 0.323. The normalized spacial score (nSPS) is 35.2. The summed E-state index contributed by atoms with van der Waals surface area (Å²) in [6.07, 6.45) is 3.23. The Labute approximate surface area is 49.7 Å². The second-order valence-electron chi connectivity index (χ2n) is 2.53. The Bertz CT molecular complexity index is 74.9. The summed E-state index contributed by atoms with van der Waals surface area (Å²) in [6, 6.07) is 0.460. The van der Waals surface area contributed by atoms with E-state index in [-0.39, 0.29) is 0 Å². The summed E-state index contributed by atoms with van der Waals surface area (Å²) in [6.45, 7) is 0.323. The second-order valence-corrected chi connectivity index (χ2v) is 2.53. The lowest BCUT2D eigenvalue weighted by atomic mass is 10.2. The molecule has 0 heterocycles. The molecule has 0 radical (unpaired) electrons. The molecule has 0 aliphatic heterocycles. The average molecular weight is 115 g/mol. The van der Waals surface area contributed by atoms with E-state index in [1.807, 2.05) is 0 Å². The van der Waals surface area contributed by atoms with Crippen LogP contribution in [0.5, 0.6) is 0 Å². The van der Waals surface area contributed by atoms with E-state index in [1.54, 1.807) is 0 Å². The van der Waals surface area contributed by atoms with E-state index in [4.69, 9.17) is 10.8 Å². The van der Waals surface area contributed by atoms with Gasteiger partial charge in [0, 0.05) is 12.6 Å². The van der Waals surface area contributed by atoms with Gasteiger partial charge in [0.15, 0.2) is 0 Å². The van der Waals surface area contributed by atoms with E-state index in [2.05, 4.69) is 0 Å². The van der Waals surface area contributed by atoms with Crippen LogP contribution < -0.4 is 5.73 Å². The first-order chi connectivity index (χ1) is 3.84. The highest BCUT2D eigenvalue weighted by molar-refractivity contribution is 4.89. The topological polar surface area (TPSA) is 46.2 Å². The lowest BCUT2D eigenvalue weighted by Gasteiger charge is -1.90. The smallest absolute Gasteiger partial charge is 0.0431 e. The van der Waals surface area contributed by atoms with E-state index in [0.29, 0.717) is 12.6 Å². The molecule has 1 aliphatic carbocycles. The van der Waals surface area contributed by atoms with Gasteiger partial charge >= 0.3 is 0 Å². The highest BCUT2D eigenvalue weighted by Gasteiger charge is 2.31. The average Bonchev–Trinajstić information content (AvgIpc) is 2.42. The maximum absolute atomic E-state index is 8.39. The van der Waals surface area contributed by atoms with E-state index in [1.165, 1.54) is 6.42 Å². The van der Waals surface area contributed by atoms with Gasteiger partial charge in [-0.3, -0.25) is 0 Å². The van der Waals surface area contributed by atoms with Gasteiger partial charge < -0.3 is 10.8 Å². The lowest BCUT2D eigenvalue weighted by molar-refractivity contribution is 0.281. The van der Waals surface area contributed by atoms with Crippen molar-refractivity contribution in [1.29, 1.82) is 0 Å². The molecule has 0 aromatic carbocycles. The SMILES string of the molecule is NC1CC1CCCO. The number of hydrogen-bond acceptors (Lipinski definition) is 2. The molecule has 2 unspecified atom stereocenters. The minimum Gasteiger partial charge on any atom is -0.396 e. The van der Waals surface area contributed by atoms with Crippen LogP contribution in [-0.4, -0.2) is 17.8 Å². The fourth-order valence-electron chi connectivity index (χ4n) is 0.956. The maximum Gasteiger partial charge on any atom is 0.0431 e. The third-order valence-corrected chi connectivity index (χ3v) is 1.71. The van der Waals surface area contributed by atoms with E-state index >= 15 is 0 Å². The van der Waals surface area contributed by atoms with E-state index < -0.39 is 0 Å². The van der Waals surface area contributed by atoms with Crippen molar-refractivity contribution in [2.75, 3.05) is 6.61 Å². The first kappa shape index (κ1) is 6.05. The first-order valence-electron chi connectivity index (χ1n) is 3.21. The molecule has 2 nitrogen and oxygen atoms in total. The summed E-state index contributed by atoms with van der Waals surface area (Å²) in [5.74, 6) is 0.738. The molecule has 2 atom stereocenters. The number of aliphatic hydroxyl groups excluding tert-OH is 1. The van der Waals surface area contributed by atoms with Gasteiger partial charge in [0.1, 0.15) is 0 Å². The Morgan fingerprint density at radius 3 is 2.62 bits per heavy atom. The van der Waals surface area contributed by atoms with Gasteiger partial charge in [-0.2, -0.15) is 0 Å². The minimum absolute atomic E-state index is 0.323. The van der Waals surface area contributed by atoms with E-state index in [9.17, 15) is 0 Å². The molecule has 1 aliphatic rings. The van der Waals surface area contributed by atoms with Gasteiger partial charge in [-0.05, 0) is 25.2 Å². The Kier molecular flexibility index (Phi) is 1.86. The van der Waals surface area contributed by atoms with Gasteiger partial charge in [0.2, 0.25) is 0 Å². The quantitative estimate of drug-likeness (QED) is 0.548. The van der Waals surface area contributed by atoms with Gasteiger partial charge in [0.05, 0.1) is 0 Å². The molecule has 48 valence electrons. The standard InChI is InChI=1S/C6H13NO/c7-6-4-5(6)2-1-3-8/h5-6,8H,1-4,7H2. The van der Waals surface area contributed by atoms with Crippen molar-refractivity contribution in [3.8, 4) is 0 Å². The van der Waals surface area contributed by atoms with Crippen LogP contribution in [0.3, 0.4) is 0 Å². The molecule has 1 rings (SSSR count). The van der Waals surface area contributed by atoms with Crippen molar-refractivity contribution in [2.24, 2.45) is 11.7 Å². The largest absolute Gasteiger partial charge is 0.396 e. The van der Waals surface area contributed by atoms with Crippen LogP contribution in [0.25, 0.3) is 0 Å². The Morgan fingerprint density at radius 2 is 2.25 bits per heavy atom. The second kappa shape index (κ2) is 2.46. The third-order valence-electron chi connectivity index (χ3n) is 1.71. The molecule has 2 heteroatoms. The third kappa shape index (κ3) is 1.46. The lowest BCUT2D eigenvalue weighted by Crippen LogP contribution is -2.01. The van der Waals surface area contributed by atoms with Crippen LogP contribution in [-0.2, 0) is 0 Å². The van der Waals surface area contributed by atoms with Gasteiger partial charge in [0.25, 0.3) is 0 Å². The highest BCUT2D eigenvalue weighted by Crippen LogP contribution is 2.31. The van der Waals surface area contributed by atoms with Crippen LogP contribution in [0.1, 0.15) is 19.3 Å². The molecule has 0 saturated heterocycles. The van der Waals surface area contributed by atoms with Crippen LogP contribution in [0.4, 0.5) is 0 Å². The summed E-state index contributed by atoms with van der Waals surface area (Å²) in [5.41, 5.74) is 5.53. The fourth-order valence-corrected chi connectivity index (χ4v) is 0.956. The Morgan fingerprint density at radius 1 is 1.62 bits per heavy atom. The highest BCUT2D eigenvalue weighted by atomic mass is 16.2. The predicted octanol–water partition coefficient (Wildman–Crippen LogP) is 0.106. The van der Waals surface area contributed by atoms with Crippen molar-refractivity contribution >= 4 is 0 Å². The number of hydrogen-bond donors (Lipinski definition) is 2. The van der Waals surface area contributed by atoms with Crippen molar-refractivity contribution in [1.82, 2.24) is 0 Å². The molecular weight excluding hydrogens is 102 g/mol. The Balaban J connectivity index is 1.89. The van der Waals surface area contributed by atoms with Gasteiger partial charge in [-0.15, -0.1) is 0 Å². The van der Waals surface area contributed by atoms with Crippen LogP contribution in [0.15, 0.2) is 0 Å². The van der Waals surface area contributed by atoms with Crippen molar-refractivity contribution in [2.45, 2.75) is 25.3 Å². The van der Waals surface area contributed by atoms with Crippen LogP contribution in [0.2, 0.25) is 0 Å². The summed E-state index contributed by atoms with van der Waals surface area (Å²) < 4.78 is 0. The predicted molar refractivity (Wildman–Crippen MR) is 32.4 cm³/mol. The molecule has 0 spiro atoms. The molecule has 0 bridgehead atoms. The van der Waals surface area contributed by atoms with Crippen molar-refractivity contribution in [3.63, 3.8) is 0 Å². The molecule has 8 heavy (non-hydrogen) atoms. The maximum atomic E-state index is 8.39. The summed E-state index contributed by atoms with van der Waals surface area (Å²) in [7, 11) is 0. The zero-order chi connectivity index (χ0) is 5.98. The fraction of sp³-hybridized carbons (Fsp3) is 1.00. The molecule has 1 fully saturated rings. The van der Waals surface area contributed by atoms with Crippen molar-refractivity contribution in [3.05, 3.63) is 0 Å². The molecule has 3 N–H and O–H groups in total. The van der Waals surface area contributed by atoms with Gasteiger partial charge in [-0.25, -0.2) is 0 Å². The number of aliphatic hydroxyl groups is 1. The molecule has 0 amide bonds. The number of nitrogens with two attached hydrogens (primary N) is 1. The monoisotopic (exact) mass is 115 g/mol. The summed E-state index contributed by atoms with van der Waals surface area (Å²) in [4.78, 5) is 0.